The van der Waals surface area contributed by atoms with Gasteiger partial charge in [-0.3, -0.25) is 4.79 Å². The molecule has 1 saturated heterocycles. The van der Waals surface area contributed by atoms with Crippen LogP contribution in [0.25, 0.3) is 0 Å². The molecule has 5 heteroatoms. The van der Waals surface area contributed by atoms with Gasteiger partial charge in [0.15, 0.2) is 11.5 Å². The number of phenolic OH excluding ortho intramolecular Hbond substituents is 1. The number of likely N-dealkylation sites (N-methyl/N-ethyl adjacent to an activating group) is 1. The van der Waals surface area contributed by atoms with Crippen molar-refractivity contribution >= 4 is 5.91 Å². The van der Waals surface area contributed by atoms with E-state index < -0.39 is 0 Å². The van der Waals surface area contributed by atoms with E-state index in [1.54, 1.807) is 30.1 Å². The first-order valence-corrected chi connectivity index (χ1v) is 5.99. The minimum absolute atomic E-state index is 0.0946. The second-order valence-electron chi connectivity index (χ2n) is 4.42. The van der Waals surface area contributed by atoms with Crippen molar-refractivity contribution < 1.29 is 14.6 Å². The topological polar surface area (TPSA) is 61.8 Å². The molecule has 18 heavy (non-hydrogen) atoms. The van der Waals surface area contributed by atoms with E-state index >= 15 is 0 Å². The Morgan fingerprint density at radius 2 is 2.33 bits per heavy atom. The van der Waals surface area contributed by atoms with Crippen LogP contribution in [0, 0.1) is 0 Å². The van der Waals surface area contributed by atoms with Crippen molar-refractivity contribution in [3.63, 3.8) is 0 Å². The molecule has 0 radical (unpaired) electrons. The molecule has 0 aliphatic carbocycles. The first kappa shape index (κ1) is 12.7. The first-order valence-electron chi connectivity index (χ1n) is 5.99. The smallest absolute Gasteiger partial charge is 0.257 e. The number of phenols is 1. The van der Waals surface area contributed by atoms with Gasteiger partial charge in [-0.2, -0.15) is 0 Å². The van der Waals surface area contributed by atoms with Crippen molar-refractivity contribution in [2.24, 2.45) is 0 Å². The number of aromatic hydroxyl groups is 1. The number of benzene rings is 1. The maximum Gasteiger partial charge on any atom is 0.257 e. The van der Waals surface area contributed by atoms with Crippen molar-refractivity contribution in [2.75, 3.05) is 27.2 Å². The number of hydrogen-bond donors (Lipinski definition) is 2. The highest BCUT2D eigenvalue weighted by atomic mass is 16.5. The fourth-order valence-corrected chi connectivity index (χ4v) is 2.19. The third-order valence-corrected chi connectivity index (χ3v) is 3.35. The third kappa shape index (κ3) is 2.26. The van der Waals surface area contributed by atoms with E-state index in [-0.39, 0.29) is 23.3 Å². The second kappa shape index (κ2) is 5.27. The largest absolute Gasteiger partial charge is 0.504 e. The number of rotatable bonds is 3. The SMILES string of the molecule is COc1cccc(C(=O)N(C)C2CCNC2)c1O. The summed E-state index contributed by atoms with van der Waals surface area (Å²) in [6.07, 6.45) is 0.937. The van der Waals surface area contributed by atoms with E-state index in [1.165, 1.54) is 7.11 Å². The highest BCUT2D eigenvalue weighted by Gasteiger charge is 2.26. The summed E-state index contributed by atoms with van der Waals surface area (Å²) in [6.45, 7) is 1.72. The summed E-state index contributed by atoms with van der Waals surface area (Å²) in [5.74, 6) is 0.0432. The van der Waals surface area contributed by atoms with E-state index in [0.29, 0.717) is 5.75 Å². The molecule has 1 heterocycles. The van der Waals surface area contributed by atoms with Crippen LogP contribution in [0.4, 0.5) is 0 Å². The molecule has 1 aliphatic heterocycles. The van der Waals surface area contributed by atoms with Crippen LogP contribution in [0.3, 0.4) is 0 Å². The molecule has 0 saturated carbocycles. The molecule has 1 unspecified atom stereocenters. The van der Waals surface area contributed by atoms with Crippen molar-refractivity contribution in [2.45, 2.75) is 12.5 Å². The Labute approximate surface area is 106 Å². The number of carbonyl (C=O) groups excluding carboxylic acids is 1. The predicted molar refractivity (Wildman–Crippen MR) is 68.0 cm³/mol. The maximum absolute atomic E-state index is 12.3. The molecule has 2 N–H and O–H groups in total. The molecular weight excluding hydrogens is 232 g/mol. The highest BCUT2D eigenvalue weighted by molar-refractivity contribution is 5.97. The van der Waals surface area contributed by atoms with E-state index in [9.17, 15) is 9.90 Å². The number of hydrogen-bond acceptors (Lipinski definition) is 4. The zero-order chi connectivity index (χ0) is 13.1. The summed E-state index contributed by atoms with van der Waals surface area (Å²) in [7, 11) is 3.23. The van der Waals surface area contributed by atoms with Gasteiger partial charge in [-0.05, 0) is 25.1 Å². The molecule has 1 aromatic rings. The van der Waals surface area contributed by atoms with Crippen LogP contribution in [0.5, 0.6) is 11.5 Å². The van der Waals surface area contributed by atoms with Crippen LogP contribution in [0.2, 0.25) is 0 Å². The Bertz CT molecular complexity index is 442. The van der Waals surface area contributed by atoms with E-state index in [0.717, 1.165) is 19.5 Å². The quantitative estimate of drug-likeness (QED) is 0.834. The lowest BCUT2D eigenvalue weighted by atomic mass is 10.1. The molecule has 98 valence electrons. The van der Waals surface area contributed by atoms with Crippen LogP contribution < -0.4 is 10.1 Å². The number of ether oxygens (including phenoxy) is 1. The second-order valence-corrected chi connectivity index (χ2v) is 4.42. The molecule has 1 atom stereocenters. The number of para-hydroxylation sites is 1. The average Bonchev–Trinajstić information content (AvgIpc) is 2.91. The predicted octanol–water partition coefficient (Wildman–Crippen LogP) is 0.835. The lowest BCUT2D eigenvalue weighted by Crippen LogP contribution is -2.38. The van der Waals surface area contributed by atoms with Gasteiger partial charge in [-0.15, -0.1) is 0 Å². The lowest BCUT2D eigenvalue weighted by molar-refractivity contribution is 0.0740. The number of methoxy groups -OCH3 is 1. The van der Waals surface area contributed by atoms with Gasteiger partial charge in [0, 0.05) is 19.6 Å². The molecule has 1 fully saturated rings. The van der Waals surface area contributed by atoms with Crippen LogP contribution >= 0.6 is 0 Å². The Balaban J connectivity index is 2.22. The van der Waals surface area contributed by atoms with Gasteiger partial charge in [0.2, 0.25) is 0 Å². The Morgan fingerprint density at radius 3 is 2.94 bits per heavy atom. The average molecular weight is 250 g/mol. The summed E-state index contributed by atoms with van der Waals surface area (Å²) >= 11 is 0. The summed E-state index contributed by atoms with van der Waals surface area (Å²) in [5.41, 5.74) is 0.281. The molecule has 1 aromatic carbocycles. The third-order valence-electron chi connectivity index (χ3n) is 3.35. The number of amides is 1. The summed E-state index contributed by atoms with van der Waals surface area (Å²) in [6, 6.07) is 5.12. The summed E-state index contributed by atoms with van der Waals surface area (Å²) in [5, 5.41) is 13.2. The number of nitrogens with zero attached hydrogens (tertiary/aromatic N) is 1. The van der Waals surface area contributed by atoms with Gasteiger partial charge < -0.3 is 20.1 Å². The highest BCUT2D eigenvalue weighted by Crippen LogP contribution is 2.30. The molecule has 1 amide bonds. The maximum atomic E-state index is 12.3. The molecule has 1 aliphatic rings. The zero-order valence-corrected chi connectivity index (χ0v) is 10.6. The van der Waals surface area contributed by atoms with E-state index in [1.807, 2.05) is 0 Å². The van der Waals surface area contributed by atoms with Crippen molar-refractivity contribution in [1.29, 1.82) is 0 Å². The molecule has 0 bridgehead atoms. The Morgan fingerprint density at radius 1 is 1.56 bits per heavy atom. The van der Waals surface area contributed by atoms with Crippen LogP contribution in [0.1, 0.15) is 16.8 Å². The van der Waals surface area contributed by atoms with Gasteiger partial charge >= 0.3 is 0 Å². The fraction of sp³-hybridized carbons (Fsp3) is 0.462. The summed E-state index contributed by atoms with van der Waals surface area (Å²) < 4.78 is 5.01. The van der Waals surface area contributed by atoms with Gasteiger partial charge in [-0.25, -0.2) is 0 Å². The standard InChI is InChI=1S/C13H18N2O3/c1-15(9-6-7-14-8-9)13(17)10-4-3-5-11(18-2)12(10)16/h3-5,9,14,16H,6-8H2,1-2H3. The van der Waals surface area contributed by atoms with Crippen molar-refractivity contribution in [1.82, 2.24) is 10.2 Å². The van der Waals surface area contributed by atoms with Crippen LogP contribution in [-0.2, 0) is 0 Å². The first-order chi connectivity index (χ1) is 8.65. The normalized spacial score (nSPS) is 18.7. The zero-order valence-electron chi connectivity index (χ0n) is 10.6. The molecular formula is C13H18N2O3. The minimum atomic E-state index is -0.180. The molecule has 0 spiro atoms. The fourth-order valence-electron chi connectivity index (χ4n) is 2.19. The number of nitrogens with one attached hydrogen (secondary N) is 1. The monoisotopic (exact) mass is 250 g/mol. The summed E-state index contributed by atoms with van der Waals surface area (Å²) in [4.78, 5) is 14.0. The van der Waals surface area contributed by atoms with Gasteiger partial charge in [-0.1, -0.05) is 6.07 Å². The molecule has 5 nitrogen and oxygen atoms in total. The van der Waals surface area contributed by atoms with Gasteiger partial charge in [0.05, 0.1) is 12.7 Å². The van der Waals surface area contributed by atoms with Crippen LogP contribution in [-0.4, -0.2) is 49.2 Å². The minimum Gasteiger partial charge on any atom is -0.504 e. The molecule has 2 rings (SSSR count). The molecule has 0 aromatic heterocycles. The van der Waals surface area contributed by atoms with Crippen LogP contribution in [0.15, 0.2) is 18.2 Å². The van der Waals surface area contributed by atoms with Gasteiger partial charge in [0.25, 0.3) is 5.91 Å². The van der Waals surface area contributed by atoms with E-state index in [2.05, 4.69) is 5.32 Å². The van der Waals surface area contributed by atoms with Crippen molar-refractivity contribution in [3.05, 3.63) is 23.8 Å². The number of carbonyl (C=O) groups is 1. The Hall–Kier alpha value is -1.75. The van der Waals surface area contributed by atoms with Gasteiger partial charge in [0.1, 0.15) is 0 Å². The van der Waals surface area contributed by atoms with Crippen molar-refractivity contribution in [3.8, 4) is 11.5 Å². The Kier molecular flexibility index (Phi) is 3.72. The van der Waals surface area contributed by atoms with E-state index in [4.69, 9.17) is 4.74 Å². The lowest BCUT2D eigenvalue weighted by Gasteiger charge is -2.24.